The maximum Gasteiger partial charge on any atom is 0.239 e. The van der Waals surface area contributed by atoms with Crippen molar-refractivity contribution in [1.82, 2.24) is 0 Å². The predicted octanol–water partition coefficient (Wildman–Crippen LogP) is -0.481. The van der Waals surface area contributed by atoms with E-state index in [4.69, 9.17) is 0 Å². The quantitative estimate of drug-likeness (QED) is 0.626. The van der Waals surface area contributed by atoms with Gasteiger partial charge in [-0.25, -0.2) is 0 Å². The van der Waals surface area contributed by atoms with Gasteiger partial charge in [-0.2, -0.15) is 0 Å². The van der Waals surface area contributed by atoms with Gasteiger partial charge in [0.1, 0.15) is 14.6 Å². The van der Waals surface area contributed by atoms with E-state index >= 15 is 0 Å². The molecule has 15 heavy (non-hydrogen) atoms. The molecule has 2 rings (SSSR count). The van der Waals surface area contributed by atoms with Gasteiger partial charge in [-0.05, 0) is 25.5 Å². The number of amides is 1. The maximum absolute atomic E-state index is 12.0. The number of hydrogen-bond acceptors (Lipinski definition) is 2. The van der Waals surface area contributed by atoms with Crippen molar-refractivity contribution in [2.75, 3.05) is 11.6 Å². The summed E-state index contributed by atoms with van der Waals surface area (Å²) in [6.45, 7) is 3.53. The second-order valence-corrected chi connectivity index (χ2v) is 4.52. The van der Waals surface area contributed by atoms with Crippen LogP contribution in [0.2, 0.25) is 0 Å². The molecule has 1 aromatic rings. The summed E-state index contributed by atoms with van der Waals surface area (Å²) in [4.78, 5) is 13.4. The smallest absolute Gasteiger partial charge is 0.239 e. The molecule has 0 aromatic heterocycles. The first-order chi connectivity index (χ1) is 6.98. The molecule has 0 saturated heterocycles. The van der Waals surface area contributed by atoms with E-state index < -0.39 is 5.41 Å². The number of rotatable bonds is 1. The number of nitrogens with zero attached hydrogens (tertiary/aromatic N) is 1. The summed E-state index contributed by atoms with van der Waals surface area (Å²) >= 11 is 0. The number of hydrogen-bond donors (Lipinski definition) is 1. The summed E-state index contributed by atoms with van der Waals surface area (Å²) in [5, 5.41) is 9.19. The lowest BCUT2D eigenvalue weighted by atomic mass is 9.83. The molecule has 78 valence electrons. The van der Waals surface area contributed by atoms with Gasteiger partial charge in [0.25, 0.3) is 0 Å². The Morgan fingerprint density at radius 1 is 1.47 bits per heavy atom. The second kappa shape index (κ2) is 3.10. The molecule has 0 atom stereocenters. The zero-order chi connectivity index (χ0) is 11.2. The molecule has 1 N–H and O–H groups in total. The fourth-order valence-corrected chi connectivity index (χ4v) is 2.09. The van der Waals surface area contributed by atoms with Crippen molar-refractivity contribution in [2.24, 2.45) is 0 Å². The standard InChI is InChI=1S/C11H14BNO2/c1-11(2)8-5-7(12)3-4-9(8)13(6-14)10(11)15/h3-5,14H,6,12H2,1-2H3. The molecule has 1 heterocycles. The third-order valence-electron chi connectivity index (χ3n) is 3.04. The highest BCUT2D eigenvalue weighted by Gasteiger charge is 2.43. The number of aliphatic hydroxyl groups is 1. The van der Waals surface area contributed by atoms with Crippen molar-refractivity contribution in [1.29, 1.82) is 0 Å². The highest BCUT2D eigenvalue weighted by molar-refractivity contribution is 6.32. The van der Waals surface area contributed by atoms with Crippen LogP contribution in [0.15, 0.2) is 18.2 Å². The van der Waals surface area contributed by atoms with Crippen molar-refractivity contribution in [3.8, 4) is 0 Å². The van der Waals surface area contributed by atoms with Crippen LogP contribution in [0.25, 0.3) is 0 Å². The average molecular weight is 203 g/mol. The molecule has 0 unspecified atom stereocenters. The molecule has 1 amide bonds. The lowest BCUT2D eigenvalue weighted by Gasteiger charge is -2.17. The summed E-state index contributed by atoms with van der Waals surface area (Å²) in [6.07, 6.45) is 0. The van der Waals surface area contributed by atoms with Crippen LogP contribution in [0.1, 0.15) is 19.4 Å². The highest BCUT2D eigenvalue weighted by Crippen LogP contribution is 2.40. The minimum Gasteiger partial charge on any atom is -0.376 e. The van der Waals surface area contributed by atoms with Gasteiger partial charge < -0.3 is 5.11 Å². The van der Waals surface area contributed by atoms with Crippen LogP contribution in [-0.4, -0.2) is 25.6 Å². The zero-order valence-electron chi connectivity index (χ0n) is 9.24. The largest absolute Gasteiger partial charge is 0.376 e. The molecule has 0 fully saturated rings. The van der Waals surface area contributed by atoms with Crippen molar-refractivity contribution in [3.05, 3.63) is 23.8 Å². The van der Waals surface area contributed by atoms with Crippen LogP contribution < -0.4 is 10.4 Å². The number of aliphatic hydroxyl groups excluding tert-OH is 1. The number of fused-ring (bicyclic) bond motifs is 1. The number of benzene rings is 1. The van der Waals surface area contributed by atoms with E-state index in [1.54, 1.807) is 0 Å². The minimum absolute atomic E-state index is 0.0365. The number of carbonyl (C=O) groups is 1. The summed E-state index contributed by atoms with van der Waals surface area (Å²) < 4.78 is 0. The van der Waals surface area contributed by atoms with Crippen LogP contribution in [-0.2, 0) is 10.2 Å². The fourth-order valence-electron chi connectivity index (χ4n) is 2.09. The van der Waals surface area contributed by atoms with E-state index in [-0.39, 0.29) is 12.6 Å². The Morgan fingerprint density at radius 3 is 2.73 bits per heavy atom. The minimum atomic E-state index is -0.524. The molecule has 1 aromatic carbocycles. The molecule has 4 heteroatoms. The fraction of sp³-hybridized carbons (Fsp3) is 0.364. The van der Waals surface area contributed by atoms with E-state index in [1.807, 2.05) is 39.9 Å². The van der Waals surface area contributed by atoms with E-state index in [9.17, 15) is 9.90 Å². The van der Waals surface area contributed by atoms with Crippen molar-refractivity contribution in [2.45, 2.75) is 19.3 Å². The monoisotopic (exact) mass is 203 g/mol. The summed E-state index contributed by atoms with van der Waals surface area (Å²) in [5.41, 5.74) is 2.44. The van der Waals surface area contributed by atoms with Crippen LogP contribution in [0.5, 0.6) is 0 Å². The van der Waals surface area contributed by atoms with Crippen LogP contribution in [0.4, 0.5) is 5.69 Å². The Bertz CT molecular complexity index is 429. The van der Waals surface area contributed by atoms with Crippen LogP contribution >= 0.6 is 0 Å². The average Bonchev–Trinajstić information content (AvgIpc) is 2.37. The maximum atomic E-state index is 12.0. The highest BCUT2D eigenvalue weighted by atomic mass is 16.3. The Labute approximate surface area is 90.1 Å². The van der Waals surface area contributed by atoms with Crippen LogP contribution in [0, 0.1) is 0 Å². The third-order valence-corrected chi connectivity index (χ3v) is 3.04. The lowest BCUT2D eigenvalue weighted by molar-refractivity contribution is -0.122. The molecule has 0 aliphatic carbocycles. The van der Waals surface area contributed by atoms with E-state index in [0.717, 1.165) is 16.7 Å². The SMILES string of the molecule is Bc1ccc2c(c1)C(C)(C)C(=O)N2CO. The lowest BCUT2D eigenvalue weighted by Crippen LogP contribution is -2.36. The first-order valence-electron chi connectivity index (χ1n) is 5.02. The summed E-state index contributed by atoms with van der Waals surface area (Å²) in [7, 11) is 2.00. The Hall–Kier alpha value is -1.29. The Balaban J connectivity index is 2.65. The summed E-state index contributed by atoms with van der Waals surface area (Å²) in [5.74, 6) is -0.0365. The molecule has 0 bridgehead atoms. The van der Waals surface area contributed by atoms with Gasteiger partial charge >= 0.3 is 0 Å². The van der Waals surface area contributed by atoms with Gasteiger partial charge in [0.15, 0.2) is 0 Å². The van der Waals surface area contributed by atoms with E-state index in [0.29, 0.717) is 0 Å². The van der Waals surface area contributed by atoms with Gasteiger partial charge in [-0.3, -0.25) is 9.69 Å². The topological polar surface area (TPSA) is 40.5 Å². The van der Waals surface area contributed by atoms with Gasteiger partial charge in [-0.1, -0.05) is 17.6 Å². The molecular weight excluding hydrogens is 189 g/mol. The van der Waals surface area contributed by atoms with Gasteiger partial charge in [0.2, 0.25) is 5.91 Å². The number of carbonyl (C=O) groups excluding carboxylic acids is 1. The molecule has 1 aliphatic heterocycles. The van der Waals surface area contributed by atoms with Gasteiger partial charge in [-0.15, -0.1) is 0 Å². The first kappa shape index (κ1) is 10.2. The molecular formula is C11H14BNO2. The van der Waals surface area contributed by atoms with Gasteiger partial charge in [0, 0.05) is 0 Å². The Morgan fingerprint density at radius 2 is 2.13 bits per heavy atom. The summed E-state index contributed by atoms with van der Waals surface area (Å²) in [6, 6.07) is 5.87. The predicted molar refractivity (Wildman–Crippen MR) is 62.2 cm³/mol. The van der Waals surface area contributed by atoms with E-state index in [1.165, 1.54) is 4.90 Å². The first-order valence-corrected chi connectivity index (χ1v) is 5.02. The van der Waals surface area contributed by atoms with Gasteiger partial charge in [0.05, 0.1) is 11.1 Å². The van der Waals surface area contributed by atoms with Crippen molar-refractivity contribution in [3.63, 3.8) is 0 Å². The zero-order valence-corrected chi connectivity index (χ0v) is 9.24. The molecule has 0 spiro atoms. The Kier molecular flexibility index (Phi) is 2.12. The van der Waals surface area contributed by atoms with Crippen molar-refractivity contribution < 1.29 is 9.90 Å². The molecule has 0 radical (unpaired) electrons. The molecule has 1 aliphatic rings. The van der Waals surface area contributed by atoms with Crippen LogP contribution in [0.3, 0.4) is 0 Å². The molecule has 0 saturated carbocycles. The number of anilines is 1. The van der Waals surface area contributed by atoms with Crippen molar-refractivity contribution >= 4 is 24.9 Å². The normalized spacial score (nSPS) is 18.1. The third kappa shape index (κ3) is 1.28. The second-order valence-electron chi connectivity index (χ2n) is 4.52. The van der Waals surface area contributed by atoms with E-state index in [2.05, 4.69) is 0 Å². The molecule has 3 nitrogen and oxygen atoms in total.